The Bertz CT molecular complexity index is 436. The van der Waals surface area contributed by atoms with E-state index < -0.39 is 12.1 Å². The van der Waals surface area contributed by atoms with Crippen LogP contribution in [-0.2, 0) is 0 Å². The standard InChI is InChI=1S/C12H14N2O3/c1-7(15)10(13)6-14-11(16)8-4-2-3-5-9(8)12(14)17/h2-5,7,10,15H,6,13H2,1H3. The third-order valence-electron chi connectivity index (χ3n) is 2.89. The number of nitrogens with zero attached hydrogens (tertiary/aromatic N) is 1. The molecule has 3 N–H and O–H groups in total. The Balaban J connectivity index is 2.25. The lowest BCUT2D eigenvalue weighted by Gasteiger charge is -2.20. The molecular formula is C12H14N2O3. The molecule has 0 radical (unpaired) electrons. The summed E-state index contributed by atoms with van der Waals surface area (Å²) in [6.07, 6.45) is -0.765. The van der Waals surface area contributed by atoms with Crippen molar-refractivity contribution in [1.29, 1.82) is 0 Å². The van der Waals surface area contributed by atoms with Crippen LogP contribution in [0, 0.1) is 0 Å². The first-order valence-corrected chi connectivity index (χ1v) is 5.41. The Hall–Kier alpha value is -1.72. The molecule has 1 aromatic carbocycles. The van der Waals surface area contributed by atoms with Gasteiger partial charge in [0.15, 0.2) is 0 Å². The van der Waals surface area contributed by atoms with Crippen LogP contribution >= 0.6 is 0 Å². The van der Waals surface area contributed by atoms with Crippen LogP contribution in [-0.4, -0.2) is 40.5 Å². The zero-order valence-corrected chi connectivity index (χ0v) is 9.46. The minimum atomic E-state index is -0.765. The van der Waals surface area contributed by atoms with E-state index >= 15 is 0 Å². The van der Waals surface area contributed by atoms with E-state index in [-0.39, 0.29) is 18.4 Å². The number of amides is 2. The molecule has 1 heterocycles. The minimum absolute atomic E-state index is 0.0318. The van der Waals surface area contributed by atoms with Crippen molar-refractivity contribution in [1.82, 2.24) is 4.90 Å². The number of hydrogen-bond donors (Lipinski definition) is 2. The Morgan fingerprint density at radius 1 is 1.24 bits per heavy atom. The molecule has 2 rings (SSSR count). The molecule has 1 aliphatic rings. The third-order valence-corrected chi connectivity index (χ3v) is 2.89. The molecule has 2 atom stereocenters. The van der Waals surface area contributed by atoms with E-state index in [0.717, 1.165) is 4.90 Å². The average Bonchev–Trinajstić information content (AvgIpc) is 2.55. The third kappa shape index (κ3) is 1.94. The van der Waals surface area contributed by atoms with Gasteiger partial charge in [-0.3, -0.25) is 14.5 Å². The smallest absolute Gasteiger partial charge is 0.261 e. The Kier molecular flexibility index (Phi) is 2.95. The van der Waals surface area contributed by atoms with Crippen molar-refractivity contribution in [3.05, 3.63) is 35.4 Å². The number of nitrogens with two attached hydrogens (primary N) is 1. The van der Waals surface area contributed by atoms with E-state index in [0.29, 0.717) is 11.1 Å². The summed E-state index contributed by atoms with van der Waals surface area (Å²) >= 11 is 0. The van der Waals surface area contributed by atoms with Gasteiger partial charge in [0, 0.05) is 12.6 Å². The maximum atomic E-state index is 11.9. The van der Waals surface area contributed by atoms with Gasteiger partial charge in [-0.05, 0) is 19.1 Å². The van der Waals surface area contributed by atoms with Crippen molar-refractivity contribution in [3.63, 3.8) is 0 Å². The van der Waals surface area contributed by atoms with Crippen molar-refractivity contribution in [2.45, 2.75) is 19.1 Å². The van der Waals surface area contributed by atoms with Gasteiger partial charge in [-0.15, -0.1) is 0 Å². The summed E-state index contributed by atoms with van der Waals surface area (Å²) in [6.45, 7) is 1.56. The topological polar surface area (TPSA) is 83.6 Å². The second-order valence-electron chi connectivity index (χ2n) is 4.17. The number of fused-ring (bicyclic) bond motifs is 1. The number of aliphatic hydroxyl groups is 1. The predicted octanol–water partition coefficient (Wildman–Crippen LogP) is -0.00930. The van der Waals surface area contributed by atoms with E-state index in [2.05, 4.69) is 0 Å². The highest BCUT2D eigenvalue weighted by molar-refractivity contribution is 6.21. The molecule has 90 valence electrons. The lowest BCUT2D eigenvalue weighted by molar-refractivity contribution is 0.0607. The molecule has 0 bridgehead atoms. The van der Waals surface area contributed by atoms with Crippen LogP contribution in [0.2, 0.25) is 0 Å². The number of carbonyl (C=O) groups excluding carboxylic acids is 2. The molecule has 0 aliphatic carbocycles. The molecule has 5 nitrogen and oxygen atoms in total. The molecular weight excluding hydrogens is 220 g/mol. The number of carbonyl (C=O) groups is 2. The molecule has 1 aromatic rings. The van der Waals surface area contributed by atoms with Gasteiger partial charge in [-0.25, -0.2) is 0 Å². The molecule has 0 spiro atoms. The second-order valence-corrected chi connectivity index (χ2v) is 4.17. The van der Waals surface area contributed by atoms with Crippen LogP contribution < -0.4 is 5.73 Å². The number of benzene rings is 1. The van der Waals surface area contributed by atoms with Gasteiger partial charge in [-0.2, -0.15) is 0 Å². The summed E-state index contributed by atoms with van der Waals surface area (Å²) in [4.78, 5) is 25.0. The highest BCUT2D eigenvalue weighted by atomic mass is 16.3. The quantitative estimate of drug-likeness (QED) is 0.720. The fourth-order valence-electron chi connectivity index (χ4n) is 1.77. The molecule has 0 fully saturated rings. The predicted molar refractivity (Wildman–Crippen MR) is 61.5 cm³/mol. The van der Waals surface area contributed by atoms with E-state index in [1.807, 2.05) is 0 Å². The van der Waals surface area contributed by atoms with E-state index in [1.165, 1.54) is 6.92 Å². The number of imide groups is 1. The number of aliphatic hydroxyl groups excluding tert-OH is 1. The lowest BCUT2D eigenvalue weighted by atomic mass is 10.1. The van der Waals surface area contributed by atoms with Gasteiger partial charge in [0.2, 0.25) is 0 Å². The zero-order valence-electron chi connectivity index (χ0n) is 9.46. The fraction of sp³-hybridized carbons (Fsp3) is 0.333. The van der Waals surface area contributed by atoms with Gasteiger partial charge in [0.1, 0.15) is 0 Å². The molecule has 0 saturated heterocycles. The fourth-order valence-corrected chi connectivity index (χ4v) is 1.77. The summed E-state index contributed by atoms with van der Waals surface area (Å²) in [5.74, 6) is -0.691. The van der Waals surface area contributed by atoms with Crippen molar-refractivity contribution in [3.8, 4) is 0 Å². The van der Waals surface area contributed by atoms with Gasteiger partial charge in [-0.1, -0.05) is 12.1 Å². The maximum Gasteiger partial charge on any atom is 0.261 e. The Morgan fingerprint density at radius 3 is 2.12 bits per heavy atom. The molecule has 17 heavy (non-hydrogen) atoms. The summed E-state index contributed by atoms with van der Waals surface area (Å²) < 4.78 is 0. The first-order chi connectivity index (χ1) is 8.02. The maximum absolute atomic E-state index is 11.9. The lowest BCUT2D eigenvalue weighted by Crippen LogP contribution is -2.46. The molecule has 5 heteroatoms. The van der Waals surface area contributed by atoms with Crippen molar-refractivity contribution in [2.24, 2.45) is 5.73 Å². The van der Waals surface area contributed by atoms with E-state index in [1.54, 1.807) is 24.3 Å². The number of rotatable bonds is 3. The highest BCUT2D eigenvalue weighted by Crippen LogP contribution is 2.22. The normalized spacial score (nSPS) is 18.2. The summed E-state index contributed by atoms with van der Waals surface area (Å²) in [5.41, 5.74) is 6.46. The van der Waals surface area contributed by atoms with Gasteiger partial charge in [0.05, 0.1) is 17.2 Å². The van der Waals surface area contributed by atoms with Crippen LogP contribution in [0.4, 0.5) is 0 Å². The van der Waals surface area contributed by atoms with Gasteiger partial charge in [0.25, 0.3) is 11.8 Å². The zero-order chi connectivity index (χ0) is 12.6. The molecule has 1 aliphatic heterocycles. The largest absolute Gasteiger partial charge is 0.392 e. The average molecular weight is 234 g/mol. The van der Waals surface area contributed by atoms with Crippen LogP contribution in [0.25, 0.3) is 0 Å². The minimum Gasteiger partial charge on any atom is -0.392 e. The second kappa shape index (κ2) is 4.27. The summed E-state index contributed by atoms with van der Waals surface area (Å²) in [5, 5.41) is 9.30. The molecule has 0 aromatic heterocycles. The Morgan fingerprint density at radius 2 is 1.71 bits per heavy atom. The first-order valence-electron chi connectivity index (χ1n) is 5.41. The molecule has 2 amide bonds. The first kappa shape index (κ1) is 11.8. The highest BCUT2D eigenvalue weighted by Gasteiger charge is 2.36. The van der Waals surface area contributed by atoms with Gasteiger partial charge >= 0.3 is 0 Å². The summed E-state index contributed by atoms with van der Waals surface area (Å²) in [6, 6.07) is 6.02. The monoisotopic (exact) mass is 234 g/mol. The number of hydrogen-bond acceptors (Lipinski definition) is 4. The van der Waals surface area contributed by atoms with E-state index in [9.17, 15) is 14.7 Å². The summed E-state index contributed by atoms with van der Waals surface area (Å²) in [7, 11) is 0. The molecule has 0 saturated carbocycles. The van der Waals surface area contributed by atoms with Crippen molar-refractivity contribution >= 4 is 11.8 Å². The van der Waals surface area contributed by atoms with Crippen LogP contribution in [0.1, 0.15) is 27.6 Å². The van der Waals surface area contributed by atoms with Gasteiger partial charge < -0.3 is 10.8 Å². The van der Waals surface area contributed by atoms with Crippen LogP contribution in [0.5, 0.6) is 0 Å². The van der Waals surface area contributed by atoms with E-state index in [4.69, 9.17) is 5.73 Å². The SMILES string of the molecule is CC(O)C(N)CN1C(=O)c2ccccc2C1=O. The Labute approximate surface area is 98.8 Å². The molecule has 2 unspecified atom stereocenters. The van der Waals surface area contributed by atoms with Crippen LogP contribution in [0.15, 0.2) is 24.3 Å². The van der Waals surface area contributed by atoms with Crippen molar-refractivity contribution in [2.75, 3.05) is 6.54 Å². The van der Waals surface area contributed by atoms with Crippen molar-refractivity contribution < 1.29 is 14.7 Å². The van der Waals surface area contributed by atoms with Crippen LogP contribution in [0.3, 0.4) is 0 Å².